The van der Waals surface area contributed by atoms with E-state index in [1.807, 2.05) is 49.4 Å². The van der Waals surface area contributed by atoms with Crippen LogP contribution in [0.25, 0.3) is 0 Å². The number of nitrogens with zero attached hydrogens (tertiary/aromatic N) is 3. The lowest BCUT2D eigenvalue weighted by atomic mass is 10.1. The first-order valence-corrected chi connectivity index (χ1v) is 11.1. The number of rotatable bonds is 1. The van der Waals surface area contributed by atoms with E-state index < -0.39 is 5.82 Å². The molecule has 1 saturated heterocycles. The van der Waals surface area contributed by atoms with Crippen molar-refractivity contribution in [3.63, 3.8) is 0 Å². The van der Waals surface area contributed by atoms with E-state index in [1.165, 1.54) is 6.07 Å². The van der Waals surface area contributed by atoms with Crippen molar-refractivity contribution in [3.8, 4) is 11.5 Å². The molecule has 0 radical (unpaired) electrons. The van der Waals surface area contributed by atoms with Gasteiger partial charge >= 0.3 is 6.03 Å². The number of carbonyl (C=O) groups excluding carboxylic acids is 1. The van der Waals surface area contributed by atoms with Crippen molar-refractivity contribution < 1.29 is 13.9 Å². The molecule has 2 heterocycles. The third-order valence-electron chi connectivity index (χ3n) is 5.89. The molecule has 0 aliphatic carbocycles. The molecule has 7 heteroatoms. The van der Waals surface area contributed by atoms with Crippen molar-refractivity contribution in [2.24, 2.45) is 4.99 Å². The number of hydrogen-bond donors (Lipinski definition) is 1. The Hall–Kier alpha value is -3.87. The highest BCUT2D eigenvalue weighted by molar-refractivity contribution is 6.03. The highest BCUT2D eigenvalue weighted by Crippen LogP contribution is 2.38. The van der Waals surface area contributed by atoms with Crippen LogP contribution in [0.2, 0.25) is 0 Å². The monoisotopic (exact) mass is 444 g/mol. The predicted octanol–water partition coefficient (Wildman–Crippen LogP) is 5.56. The van der Waals surface area contributed by atoms with Gasteiger partial charge in [0.2, 0.25) is 0 Å². The number of ether oxygens (including phenoxy) is 1. The zero-order valence-corrected chi connectivity index (χ0v) is 18.4. The molecule has 0 aromatic heterocycles. The summed E-state index contributed by atoms with van der Waals surface area (Å²) in [5, 5.41) is 2.69. The fraction of sp³-hybridized carbons (Fsp3) is 0.231. The number of anilines is 1. The third-order valence-corrected chi connectivity index (χ3v) is 5.89. The molecule has 6 nitrogen and oxygen atoms in total. The molecule has 5 rings (SSSR count). The van der Waals surface area contributed by atoms with Crippen LogP contribution in [-0.2, 0) is 0 Å². The predicted molar refractivity (Wildman–Crippen MR) is 127 cm³/mol. The van der Waals surface area contributed by atoms with Gasteiger partial charge in [-0.3, -0.25) is 0 Å². The topological polar surface area (TPSA) is 57.2 Å². The fourth-order valence-corrected chi connectivity index (χ4v) is 4.16. The van der Waals surface area contributed by atoms with Gasteiger partial charge in [-0.2, -0.15) is 0 Å². The average Bonchev–Trinajstić information content (AvgIpc) is 3.15. The average molecular weight is 445 g/mol. The van der Waals surface area contributed by atoms with E-state index in [2.05, 4.69) is 10.2 Å². The molecule has 2 aliphatic rings. The lowest BCUT2D eigenvalue weighted by Gasteiger charge is -2.25. The number of aliphatic imine (C=N–C) groups is 1. The van der Waals surface area contributed by atoms with Gasteiger partial charge in [-0.15, -0.1) is 0 Å². The van der Waals surface area contributed by atoms with E-state index in [-0.39, 0.29) is 11.7 Å². The minimum atomic E-state index is -0.444. The SMILES string of the molecule is Cc1ccc2c(c1)Oc1ccccc1C(N1CCCN(C(=O)Nc3ccccc3F)CC1)=N2. The van der Waals surface area contributed by atoms with Gasteiger partial charge in [0.1, 0.15) is 23.1 Å². The largest absolute Gasteiger partial charge is 0.454 e. The number of aryl methyl sites for hydroxylation is 1. The molecule has 0 bridgehead atoms. The molecule has 3 aromatic rings. The highest BCUT2D eigenvalue weighted by Gasteiger charge is 2.26. The molecule has 0 spiro atoms. The smallest absolute Gasteiger partial charge is 0.321 e. The number of benzene rings is 3. The first-order chi connectivity index (χ1) is 16.1. The summed E-state index contributed by atoms with van der Waals surface area (Å²) in [5.74, 6) is 1.89. The number of fused-ring (bicyclic) bond motifs is 2. The normalized spacial score (nSPS) is 15.4. The summed E-state index contributed by atoms with van der Waals surface area (Å²) in [5.41, 5.74) is 3.01. The van der Waals surface area contributed by atoms with Gasteiger partial charge in [0.15, 0.2) is 5.75 Å². The summed E-state index contributed by atoms with van der Waals surface area (Å²) in [6.07, 6.45) is 0.771. The van der Waals surface area contributed by atoms with Gasteiger partial charge in [-0.1, -0.05) is 30.3 Å². The van der Waals surface area contributed by atoms with Crippen molar-refractivity contribution in [3.05, 3.63) is 83.7 Å². The van der Waals surface area contributed by atoms with Crippen LogP contribution in [0.15, 0.2) is 71.7 Å². The van der Waals surface area contributed by atoms with E-state index in [1.54, 1.807) is 23.1 Å². The Morgan fingerprint density at radius 1 is 0.970 bits per heavy atom. The van der Waals surface area contributed by atoms with Gasteiger partial charge < -0.3 is 19.9 Å². The van der Waals surface area contributed by atoms with Crippen LogP contribution < -0.4 is 10.1 Å². The second-order valence-electron chi connectivity index (χ2n) is 8.24. The quantitative estimate of drug-likeness (QED) is 0.535. The van der Waals surface area contributed by atoms with Crippen LogP contribution >= 0.6 is 0 Å². The van der Waals surface area contributed by atoms with E-state index in [0.29, 0.717) is 19.6 Å². The van der Waals surface area contributed by atoms with Gasteiger partial charge in [0.25, 0.3) is 0 Å². The fourth-order valence-electron chi connectivity index (χ4n) is 4.16. The van der Waals surface area contributed by atoms with Crippen LogP contribution in [-0.4, -0.2) is 47.8 Å². The Labute approximate surface area is 192 Å². The molecule has 0 saturated carbocycles. The number of carbonyl (C=O) groups is 1. The van der Waals surface area contributed by atoms with E-state index >= 15 is 0 Å². The van der Waals surface area contributed by atoms with Crippen molar-refractivity contribution in [1.29, 1.82) is 0 Å². The van der Waals surface area contributed by atoms with Crippen molar-refractivity contribution in [2.45, 2.75) is 13.3 Å². The molecule has 0 unspecified atom stereocenters. The summed E-state index contributed by atoms with van der Waals surface area (Å²) >= 11 is 0. The molecule has 1 N–H and O–H groups in total. The first-order valence-electron chi connectivity index (χ1n) is 11.1. The van der Waals surface area contributed by atoms with Gasteiger partial charge in [-0.05, 0) is 55.3 Å². The van der Waals surface area contributed by atoms with Crippen LogP contribution in [0.4, 0.5) is 20.6 Å². The number of para-hydroxylation sites is 2. The minimum Gasteiger partial charge on any atom is -0.454 e. The zero-order valence-electron chi connectivity index (χ0n) is 18.4. The number of halogens is 1. The van der Waals surface area contributed by atoms with E-state index in [0.717, 1.165) is 47.1 Å². The maximum atomic E-state index is 14.0. The van der Waals surface area contributed by atoms with Crippen molar-refractivity contribution in [1.82, 2.24) is 9.80 Å². The number of amides is 2. The summed E-state index contributed by atoms with van der Waals surface area (Å²) in [6.45, 7) is 4.47. The first kappa shape index (κ1) is 21.0. The lowest BCUT2D eigenvalue weighted by Crippen LogP contribution is -2.39. The third kappa shape index (κ3) is 4.39. The van der Waals surface area contributed by atoms with Gasteiger partial charge in [0, 0.05) is 26.2 Å². The summed E-state index contributed by atoms with van der Waals surface area (Å²) in [6, 6.07) is 19.8. The maximum Gasteiger partial charge on any atom is 0.321 e. The Kier molecular flexibility index (Phi) is 5.69. The molecular weight excluding hydrogens is 419 g/mol. The molecule has 33 heavy (non-hydrogen) atoms. The molecule has 168 valence electrons. The standard InChI is InChI=1S/C26H25FN4O2/c1-18-11-12-22-24(17-18)33-23-10-5-2-7-19(23)25(28-22)30-13-6-14-31(16-15-30)26(32)29-21-9-4-3-8-20(21)27/h2-5,7-12,17H,6,13-16H2,1H3,(H,29,32). The second kappa shape index (κ2) is 8.94. The van der Waals surface area contributed by atoms with Crippen LogP contribution in [0.1, 0.15) is 17.5 Å². The Balaban J connectivity index is 1.39. The minimum absolute atomic E-state index is 0.190. The maximum absolute atomic E-state index is 14.0. The number of urea groups is 1. The Bertz CT molecular complexity index is 1230. The Morgan fingerprint density at radius 2 is 1.79 bits per heavy atom. The second-order valence-corrected chi connectivity index (χ2v) is 8.24. The lowest BCUT2D eigenvalue weighted by molar-refractivity contribution is 0.214. The van der Waals surface area contributed by atoms with Gasteiger partial charge in [0.05, 0.1) is 11.3 Å². The van der Waals surface area contributed by atoms with Crippen molar-refractivity contribution >= 4 is 23.2 Å². The van der Waals surface area contributed by atoms with Crippen LogP contribution in [0.3, 0.4) is 0 Å². The van der Waals surface area contributed by atoms with E-state index in [4.69, 9.17) is 9.73 Å². The number of amidine groups is 1. The molecule has 1 fully saturated rings. The van der Waals surface area contributed by atoms with Crippen molar-refractivity contribution in [2.75, 3.05) is 31.5 Å². The van der Waals surface area contributed by atoms with E-state index in [9.17, 15) is 9.18 Å². The summed E-state index contributed by atoms with van der Waals surface area (Å²) < 4.78 is 20.2. The number of nitrogens with one attached hydrogen (secondary N) is 1. The Morgan fingerprint density at radius 3 is 2.67 bits per heavy atom. The molecule has 2 aliphatic heterocycles. The highest BCUT2D eigenvalue weighted by atomic mass is 19.1. The summed E-state index contributed by atoms with van der Waals surface area (Å²) in [4.78, 5) is 21.7. The van der Waals surface area contributed by atoms with Crippen LogP contribution in [0.5, 0.6) is 11.5 Å². The zero-order chi connectivity index (χ0) is 22.8. The van der Waals surface area contributed by atoms with Crippen LogP contribution in [0, 0.1) is 12.7 Å². The summed E-state index contributed by atoms with van der Waals surface area (Å²) in [7, 11) is 0. The number of hydrogen-bond acceptors (Lipinski definition) is 4. The molecular formula is C26H25FN4O2. The molecule has 0 atom stereocenters. The molecule has 2 amide bonds. The van der Waals surface area contributed by atoms with Gasteiger partial charge in [-0.25, -0.2) is 14.2 Å². The molecule has 3 aromatic carbocycles.